The number of nitro groups is 1. The molecule has 106 valence electrons. The van der Waals surface area contributed by atoms with Gasteiger partial charge in [0.05, 0.1) is 11.5 Å². The molecule has 1 aromatic carbocycles. The summed E-state index contributed by atoms with van der Waals surface area (Å²) in [6, 6.07) is 4.58. The van der Waals surface area contributed by atoms with Crippen molar-refractivity contribution >= 4 is 11.4 Å². The van der Waals surface area contributed by atoms with E-state index in [-0.39, 0.29) is 11.4 Å². The molecule has 0 saturated heterocycles. The minimum atomic E-state index is -0.442. The molecule has 0 aliphatic heterocycles. The predicted molar refractivity (Wildman–Crippen MR) is 76.1 cm³/mol. The van der Waals surface area contributed by atoms with Gasteiger partial charge in [-0.15, -0.1) is 0 Å². The van der Waals surface area contributed by atoms with Crippen molar-refractivity contribution in [1.82, 2.24) is 9.13 Å². The molecule has 1 aromatic heterocycles. The Hall–Kier alpha value is -2.57. The summed E-state index contributed by atoms with van der Waals surface area (Å²) >= 11 is 0. The molecule has 0 aliphatic rings. The summed E-state index contributed by atoms with van der Waals surface area (Å²) in [5.41, 5.74) is 1.37. The first-order valence-corrected chi connectivity index (χ1v) is 6.27. The van der Waals surface area contributed by atoms with Crippen molar-refractivity contribution in [2.24, 2.45) is 0 Å². The molecule has 0 aliphatic carbocycles. The fourth-order valence-electron chi connectivity index (χ4n) is 2.07. The van der Waals surface area contributed by atoms with Gasteiger partial charge in [0.15, 0.2) is 0 Å². The number of aryl methyl sites for hydroxylation is 1. The van der Waals surface area contributed by atoms with E-state index >= 15 is 0 Å². The van der Waals surface area contributed by atoms with Gasteiger partial charge < -0.3 is 5.32 Å². The Morgan fingerprint density at radius 3 is 2.55 bits per heavy atom. The average molecular weight is 276 g/mol. The molecule has 0 fully saturated rings. The van der Waals surface area contributed by atoms with E-state index in [2.05, 4.69) is 5.32 Å². The number of anilines is 1. The van der Waals surface area contributed by atoms with Crippen LogP contribution in [0.4, 0.5) is 11.4 Å². The SMILES string of the molecule is CCn1ccn(Cc2cc([N+](=O)[O-])ccc2NC)c1=O. The first-order chi connectivity index (χ1) is 9.56. The topological polar surface area (TPSA) is 82.1 Å². The second-order valence-electron chi connectivity index (χ2n) is 4.34. The summed E-state index contributed by atoms with van der Waals surface area (Å²) in [6.45, 7) is 2.78. The number of nitrogens with zero attached hydrogens (tertiary/aromatic N) is 3. The Bertz CT molecular complexity index is 687. The lowest BCUT2D eigenvalue weighted by Gasteiger charge is -2.09. The van der Waals surface area contributed by atoms with Crippen molar-refractivity contribution in [1.29, 1.82) is 0 Å². The molecular formula is C13H16N4O3. The second kappa shape index (κ2) is 5.60. The summed E-state index contributed by atoms with van der Waals surface area (Å²) in [6.07, 6.45) is 3.39. The van der Waals surface area contributed by atoms with Crippen molar-refractivity contribution < 1.29 is 4.92 Å². The lowest BCUT2D eigenvalue weighted by molar-refractivity contribution is -0.384. The molecule has 0 radical (unpaired) electrons. The molecule has 0 spiro atoms. The van der Waals surface area contributed by atoms with Gasteiger partial charge in [0.1, 0.15) is 0 Å². The Morgan fingerprint density at radius 2 is 2.00 bits per heavy atom. The third-order valence-electron chi connectivity index (χ3n) is 3.17. The molecule has 1 N–H and O–H groups in total. The zero-order valence-corrected chi connectivity index (χ0v) is 11.4. The van der Waals surface area contributed by atoms with Gasteiger partial charge in [0.2, 0.25) is 0 Å². The van der Waals surface area contributed by atoms with Gasteiger partial charge in [-0.1, -0.05) is 0 Å². The van der Waals surface area contributed by atoms with Crippen molar-refractivity contribution in [2.75, 3.05) is 12.4 Å². The molecule has 7 heteroatoms. The van der Waals surface area contributed by atoms with Crippen LogP contribution in [0, 0.1) is 10.1 Å². The first kappa shape index (κ1) is 13.9. The highest BCUT2D eigenvalue weighted by atomic mass is 16.6. The maximum Gasteiger partial charge on any atom is 0.328 e. The van der Waals surface area contributed by atoms with Gasteiger partial charge >= 0.3 is 5.69 Å². The lowest BCUT2D eigenvalue weighted by atomic mass is 10.1. The van der Waals surface area contributed by atoms with Gasteiger partial charge in [0.25, 0.3) is 5.69 Å². The number of non-ortho nitro benzene ring substituents is 1. The van der Waals surface area contributed by atoms with Crippen molar-refractivity contribution in [3.63, 3.8) is 0 Å². The van der Waals surface area contributed by atoms with Crippen LogP contribution in [0.1, 0.15) is 12.5 Å². The van der Waals surface area contributed by atoms with E-state index in [9.17, 15) is 14.9 Å². The summed E-state index contributed by atoms with van der Waals surface area (Å²) in [5, 5.41) is 13.8. The quantitative estimate of drug-likeness (QED) is 0.665. The normalized spacial score (nSPS) is 10.5. The number of imidazole rings is 1. The molecule has 1 heterocycles. The standard InChI is InChI=1S/C13H16N4O3/c1-3-15-6-7-16(13(15)18)9-10-8-11(17(19)20)4-5-12(10)14-2/h4-8,14H,3,9H2,1-2H3. The summed E-state index contributed by atoms with van der Waals surface area (Å²) in [5.74, 6) is 0. The zero-order chi connectivity index (χ0) is 14.7. The van der Waals surface area contributed by atoms with Crippen LogP contribution in [0.5, 0.6) is 0 Å². The highest BCUT2D eigenvalue weighted by molar-refractivity contribution is 5.55. The average Bonchev–Trinajstić information content (AvgIpc) is 2.79. The second-order valence-corrected chi connectivity index (χ2v) is 4.34. The fraction of sp³-hybridized carbons (Fsp3) is 0.308. The minimum absolute atomic E-state index is 0.0157. The maximum absolute atomic E-state index is 12.0. The Morgan fingerprint density at radius 1 is 1.30 bits per heavy atom. The van der Waals surface area contributed by atoms with Crippen LogP contribution in [-0.4, -0.2) is 21.1 Å². The number of hydrogen-bond donors (Lipinski definition) is 1. The molecule has 0 bridgehead atoms. The lowest BCUT2D eigenvalue weighted by Crippen LogP contribution is -2.24. The van der Waals surface area contributed by atoms with E-state index in [0.29, 0.717) is 18.7 Å². The first-order valence-electron chi connectivity index (χ1n) is 6.27. The van der Waals surface area contributed by atoms with E-state index in [1.54, 1.807) is 30.1 Å². The van der Waals surface area contributed by atoms with E-state index in [0.717, 1.165) is 5.69 Å². The third kappa shape index (κ3) is 2.56. The monoisotopic (exact) mass is 276 g/mol. The third-order valence-corrected chi connectivity index (χ3v) is 3.17. The van der Waals surface area contributed by atoms with Crippen molar-refractivity contribution in [3.05, 3.63) is 56.8 Å². The maximum atomic E-state index is 12.0. The van der Waals surface area contributed by atoms with Crippen LogP contribution in [0.25, 0.3) is 0 Å². The smallest absolute Gasteiger partial charge is 0.328 e. The molecule has 7 nitrogen and oxygen atoms in total. The minimum Gasteiger partial charge on any atom is -0.388 e. The number of nitro benzene ring substituents is 1. The summed E-state index contributed by atoms with van der Waals surface area (Å²) in [7, 11) is 1.74. The highest BCUT2D eigenvalue weighted by Crippen LogP contribution is 2.22. The van der Waals surface area contributed by atoms with Gasteiger partial charge in [-0.25, -0.2) is 4.79 Å². The molecule has 2 aromatic rings. The van der Waals surface area contributed by atoms with Crippen LogP contribution < -0.4 is 11.0 Å². The van der Waals surface area contributed by atoms with E-state index in [4.69, 9.17) is 0 Å². The Kier molecular flexibility index (Phi) is 3.88. The van der Waals surface area contributed by atoms with Crippen molar-refractivity contribution in [2.45, 2.75) is 20.0 Å². The number of hydrogen-bond acceptors (Lipinski definition) is 4. The van der Waals surface area contributed by atoms with Crippen LogP contribution in [0.15, 0.2) is 35.4 Å². The van der Waals surface area contributed by atoms with E-state index < -0.39 is 4.92 Å². The van der Waals surface area contributed by atoms with Crippen LogP contribution in [0.3, 0.4) is 0 Å². The van der Waals surface area contributed by atoms with E-state index in [1.807, 2.05) is 6.92 Å². The number of nitrogens with one attached hydrogen (secondary N) is 1. The number of rotatable bonds is 5. The molecule has 0 unspecified atom stereocenters. The van der Waals surface area contributed by atoms with Gasteiger partial charge in [-0.05, 0) is 13.0 Å². The zero-order valence-electron chi connectivity index (χ0n) is 11.4. The van der Waals surface area contributed by atoms with E-state index in [1.165, 1.54) is 16.7 Å². The molecule has 0 saturated carbocycles. The largest absolute Gasteiger partial charge is 0.388 e. The Balaban J connectivity index is 2.40. The highest BCUT2D eigenvalue weighted by Gasteiger charge is 2.12. The van der Waals surface area contributed by atoms with Crippen LogP contribution >= 0.6 is 0 Å². The number of benzene rings is 1. The Labute approximate surface area is 115 Å². The summed E-state index contributed by atoms with van der Waals surface area (Å²) in [4.78, 5) is 22.4. The predicted octanol–water partition coefficient (Wildman–Crippen LogP) is 1.67. The van der Waals surface area contributed by atoms with Gasteiger partial charge in [0, 0.05) is 49.4 Å². The van der Waals surface area contributed by atoms with Gasteiger partial charge in [-0.2, -0.15) is 0 Å². The van der Waals surface area contributed by atoms with Crippen LogP contribution in [-0.2, 0) is 13.1 Å². The van der Waals surface area contributed by atoms with Crippen LogP contribution in [0.2, 0.25) is 0 Å². The molecule has 0 amide bonds. The van der Waals surface area contributed by atoms with Gasteiger partial charge in [-0.3, -0.25) is 19.2 Å². The fourth-order valence-corrected chi connectivity index (χ4v) is 2.07. The molecule has 0 atom stereocenters. The molecule has 2 rings (SSSR count). The molecular weight excluding hydrogens is 260 g/mol. The summed E-state index contributed by atoms with van der Waals surface area (Å²) < 4.78 is 3.11. The molecule has 20 heavy (non-hydrogen) atoms. The van der Waals surface area contributed by atoms with Crippen molar-refractivity contribution in [3.8, 4) is 0 Å². The number of aromatic nitrogens is 2.